The Kier molecular flexibility index (Phi) is 6.11. The van der Waals surface area contributed by atoms with Gasteiger partial charge < -0.3 is 20.3 Å². The molecule has 6 nitrogen and oxygen atoms in total. The molecule has 1 radical (unpaired) electrons. The smallest absolute Gasteiger partial charge is 0.254 e. The van der Waals surface area contributed by atoms with Crippen LogP contribution in [-0.4, -0.2) is 58.3 Å². The summed E-state index contributed by atoms with van der Waals surface area (Å²) in [6.07, 6.45) is 2.27. The topological polar surface area (TPSA) is 102 Å². The molecule has 0 atom stereocenters. The van der Waals surface area contributed by atoms with Crippen molar-refractivity contribution in [2.24, 2.45) is 0 Å². The number of aromatic nitrogens is 1. The largest absolute Gasteiger partial charge is 0.545 e. The maximum Gasteiger partial charge on any atom is 0.254 e. The first-order valence-electron chi connectivity index (χ1n) is 3.70. The monoisotopic (exact) mass is 218 g/mol. The Balaban J connectivity index is 0.00000196. The number of hydrogen-bond acceptors (Lipinski definition) is 5. The molecule has 0 aliphatic heterocycles. The van der Waals surface area contributed by atoms with Crippen LogP contribution < -0.4 is 10.4 Å². The van der Waals surface area contributed by atoms with Crippen molar-refractivity contribution in [3.8, 4) is 0 Å². The van der Waals surface area contributed by atoms with Crippen molar-refractivity contribution in [2.75, 3.05) is 6.73 Å². The van der Waals surface area contributed by atoms with Crippen LogP contribution >= 0.6 is 0 Å². The van der Waals surface area contributed by atoms with Crippen LogP contribution in [0.25, 0.3) is 0 Å². The molecule has 75 valence electrons. The first-order chi connectivity index (χ1) is 6.65. The van der Waals surface area contributed by atoms with Gasteiger partial charge in [0.2, 0.25) is 0 Å². The van der Waals surface area contributed by atoms with Gasteiger partial charge in [-0.05, 0) is 6.07 Å². The summed E-state index contributed by atoms with van der Waals surface area (Å²) >= 11 is 0. The number of carboxylic acid groups (broad SMARTS) is 1. The number of pyridine rings is 1. The molecule has 0 fully saturated rings. The number of carbonyl (C=O) groups excluding carboxylic acids is 2. The molecule has 7 heteroatoms. The van der Waals surface area contributed by atoms with E-state index in [2.05, 4.69) is 10.3 Å². The first kappa shape index (κ1) is 14.1. The molecule has 1 heterocycles. The Morgan fingerprint density at radius 2 is 2.00 bits per heavy atom. The molecule has 0 aromatic carbocycles. The van der Waals surface area contributed by atoms with Gasteiger partial charge in [0, 0.05) is 47.5 Å². The molecule has 2 N–H and O–H groups in total. The summed E-state index contributed by atoms with van der Waals surface area (Å²) in [7, 11) is 0. The van der Waals surface area contributed by atoms with E-state index in [0.29, 0.717) is 0 Å². The zero-order valence-electron chi connectivity index (χ0n) is 8.06. The quantitative estimate of drug-likeness (QED) is 0.440. The van der Waals surface area contributed by atoms with Crippen LogP contribution in [0.5, 0.6) is 0 Å². The molecule has 1 amide bonds. The van der Waals surface area contributed by atoms with Crippen LogP contribution in [-0.2, 0) is 0 Å². The molecular weight excluding hydrogens is 211 g/mol. The SMILES string of the molecule is O=C([O-])c1cncc(C(=O)NCO)c1.[Na]. The van der Waals surface area contributed by atoms with Crippen LogP contribution in [0.1, 0.15) is 20.7 Å². The van der Waals surface area contributed by atoms with Crippen LogP contribution in [0, 0.1) is 0 Å². The van der Waals surface area contributed by atoms with Gasteiger partial charge in [-0.15, -0.1) is 0 Å². The summed E-state index contributed by atoms with van der Waals surface area (Å²) in [4.78, 5) is 25.0. The number of carboxylic acids is 1. The number of amides is 1. The van der Waals surface area contributed by atoms with Gasteiger partial charge in [0.25, 0.3) is 5.91 Å². The molecule has 0 aliphatic rings. The van der Waals surface area contributed by atoms with E-state index in [9.17, 15) is 14.7 Å². The normalized spacial score (nSPS) is 8.87. The van der Waals surface area contributed by atoms with Crippen LogP contribution in [0.4, 0.5) is 0 Å². The van der Waals surface area contributed by atoms with Crippen molar-refractivity contribution < 1.29 is 19.8 Å². The fraction of sp³-hybridized carbons (Fsp3) is 0.125. The van der Waals surface area contributed by atoms with E-state index in [1.807, 2.05) is 0 Å². The molecule has 0 bridgehead atoms. The van der Waals surface area contributed by atoms with E-state index in [0.717, 1.165) is 12.3 Å². The number of nitrogens with one attached hydrogen (secondary N) is 1. The number of carbonyl (C=O) groups is 2. The van der Waals surface area contributed by atoms with E-state index in [4.69, 9.17) is 5.11 Å². The second-order valence-electron chi connectivity index (χ2n) is 2.41. The van der Waals surface area contributed by atoms with Crippen molar-refractivity contribution in [1.82, 2.24) is 10.3 Å². The maximum absolute atomic E-state index is 11.1. The van der Waals surface area contributed by atoms with E-state index >= 15 is 0 Å². The van der Waals surface area contributed by atoms with Crippen LogP contribution in [0.3, 0.4) is 0 Å². The number of hydrogen-bond donors (Lipinski definition) is 2. The van der Waals surface area contributed by atoms with E-state index in [1.54, 1.807) is 0 Å². The molecule has 0 saturated carbocycles. The Morgan fingerprint density at radius 1 is 1.40 bits per heavy atom. The van der Waals surface area contributed by atoms with Crippen molar-refractivity contribution in [2.45, 2.75) is 0 Å². The fourth-order valence-electron chi connectivity index (χ4n) is 0.850. The van der Waals surface area contributed by atoms with E-state index in [-0.39, 0.29) is 40.7 Å². The Morgan fingerprint density at radius 3 is 2.53 bits per heavy atom. The average molecular weight is 218 g/mol. The average Bonchev–Trinajstić information content (AvgIpc) is 2.18. The number of aliphatic hydroxyl groups is 1. The molecular formula is C8H7N2NaO4-. The molecule has 0 aliphatic carbocycles. The minimum atomic E-state index is -1.41. The Bertz CT molecular complexity index is 369. The minimum Gasteiger partial charge on any atom is -0.545 e. The van der Waals surface area contributed by atoms with E-state index in [1.165, 1.54) is 6.20 Å². The van der Waals surface area contributed by atoms with Gasteiger partial charge in [-0.2, -0.15) is 0 Å². The number of rotatable bonds is 3. The van der Waals surface area contributed by atoms with Crippen LogP contribution in [0.15, 0.2) is 18.5 Å². The van der Waals surface area contributed by atoms with Crippen LogP contribution in [0.2, 0.25) is 0 Å². The zero-order valence-corrected chi connectivity index (χ0v) is 10.1. The predicted octanol–water partition coefficient (Wildman–Crippen LogP) is -2.26. The third kappa shape index (κ3) is 3.96. The number of aromatic carboxylic acids is 1. The minimum absolute atomic E-state index is 0. The van der Waals surface area contributed by atoms with Gasteiger partial charge >= 0.3 is 0 Å². The second-order valence-corrected chi connectivity index (χ2v) is 2.41. The van der Waals surface area contributed by atoms with Crippen molar-refractivity contribution >= 4 is 41.4 Å². The maximum atomic E-state index is 11.1. The summed E-state index contributed by atoms with van der Waals surface area (Å²) in [6, 6.07) is 1.12. The van der Waals surface area contributed by atoms with Crippen molar-refractivity contribution in [3.05, 3.63) is 29.6 Å². The second kappa shape index (κ2) is 6.52. The molecule has 15 heavy (non-hydrogen) atoms. The standard InChI is InChI=1S/C8H8N2O4.Na/c11-4-10-7(12)5-1-6(8(13)14)3-9-2-5;/h1-3,11H,4H2,(H,10,12)(H,13,14);/p-1. The molecule has 0 unspecified atom stereocenters. The van der Waals surface area contributed by atoms with E-state index < -0.39 is 18.6 Å². The van der Waals surface area contributed by atoms with Gasteiger partial charge in [-0.25, -0.2) is 0 Å². The molecule has 1 aromatic rings. The van der Waals surface area contributed by atoms with Gasteiger partial charge in [-0.1, -0.05) is 0 Å². The van der Waals surface area contributed by atoms with Crippen molar-refractivity contribution in [1.29, 1.82) is 0 Å². The molecule has 1 aromatic heterocycles. The first-order valence-corrected chi connectivity index (χ1v) is 3.70. The van der Waals surface area contributed by atoms with Gasteiger partial charge in [-0.3, -0.25) is 9.78 Å². The zero-order chi connectivity index (χ0) is 10.6. The Labute approximate surface area is 108 Å². The van der Waals surface area contributed by atoms with Crippen molar-refractivity contribution in [3.63, 3.8) is 0 Å². The molecule has 1 rings (SSSR count). The van der Waals surface area contributed by atoms with Gasteiger partial charge in [0.1, 0.15) is 6.73 Å². The predicted molar refractivity (Wildman–Crippen MR) is 48.9 cm³/mol. The summed E-state index contributed by atoms with van der Waals surface area (Å²) in [5.74, 6) is -2.00. The number of nitrogens with zero attached hydrogens (tertiary/aromatic N) is 1. The molecule has 0 saturated heterocycles. The van der Waals surface area contributed by atoms with Gasteiger partial charge in [0.15, 0.2) is 0 Å². The summed E-state index contributed by atoms with van der Waals surface area (Å²) in [5, 5.41) is 20.9. The fourth-order valence-corrected chi connectivity index (χ4v) is 0.850. The summed E-state index contributed by atoms with van der Waals surface area (Å²) in [6.45, 7) is -0.519. The third-order valence-electron chi connectivity index (χ3n) is 1.48. The number of aliphatic hydroxyl groups excluding tert-OH is 1. The summed E-state index contributed by atoms with van der Waals surface area (Å²) in [5.41, 5.74) is -0.128. The van der Waals surface area contributed by atoms with Gasteiger partial charge in [0.05, 0.1) is 11.5 Å². The third-order valence-corrected chi connectivity index (χ3v) is 1.48. The summed E-state index contributed by atoms with van der Waals surface area (Å²) < 4.78 is 0. The Hall–Kier alpha value is -0.950. The molecule has 0 spiro atoms.